The highest BCUT2D eigenvalue weighted by Gasteiger charge is 2.41. The predicted octanol–water partition coefficient (Wildman–Crippen LogP) is 3.63. The van der Waals surface area contributed by atoms with Crippen LogP contribution in [0.1, 0.15) is 28.3 Å². The fourth-order valence-electron chi connectivity index (χ4n) is 5.15. The largest absolute Gasteiger partial charge is 0.508 e. The fourth-order valence-corrected chi connectivity index (χ4v) is 5.15. The van der Waals surface area contributed by atoms with Crippen molar-refractivity contribution in [1.82, 2.24) is 10.6 Å². The SMILES string of the molecule is COc1ccc(CC(=O)O[C@H]2C(=O)Nc3ccc(O)cc3[C@@H]2NC(=O)[C@H](Cc2ccccc2)NC(=O)Cc2ccccc2)cc1. The van der Waals surface area contributed by atoms with E-state index in [1.807, 2.05) is 60.7 Å². The quantitative estimate of drug-likeness (QED) is 0.151. The van der Waals surface area contributed by atoms with E-state index in [4.69, 9.17) is 9.47 Å². The van der Waals surface area contributed by atoms with E-state index in [1.54, 1.807) is 24.3 Å². The van der Waals surface area contributed by atoms with E-state index in [-0.39, 0.29) is 30.9 Å². The molecule has 230 valence electrons. The van der Waals surface area contributed by atoms with Gasteiger partial charge in [-0.2, -0.15) is 0 Å². The highest BCUT2D eigenvalue weighted by atomic mass is 16.5. The number of amides is 3. The molecule has 0 aromatic heterocycles. The predicted molar refractivity (Wildman–Crippen MR) is 166 cm³/mol. The first-order valence-electron chi connectivity index (χ1n) is 14.4. The van der Waals surface area contributed by atoms with Crippen molar-refractivity contribution in [3.63, 3.8) is 0 Å². The number of phenols is 1. The van der Waals surface area contributed by atoms with E-state index in [0.717, 1.165) is 11.1 Å². The summed E-state index contributed by atoms with van der Waals surface area (Å²) in [7, 11) is 1.54. The standard InChI is InChI=1S/C35H33N3O7/c1-44-26-15-12-24(13-16-26)20-31(41)45-33-32(27-21-25(39)14-17-28(27)37-35(33)43)38-34(42)29(18-22-8-4-2-5-9-22)36-30(40)19-23-10-6-3-7-11-23/h2-17,21,29,32-33,39H,18-20H2,1H3,(H,36,40)(H,37,43)(H,38,42)/t29-,32-,33+/m0/s1. The number of anilines is 1. The molecule has 0 bridgehead atoms. The Kier molecular flexibility index (Phi) is 9.74. The summed E-state index contributed by atoms with van der Waals surface area (Å²) in [5.41, 5.74) is 2.92. The van der Waals surface area contributed by atoms with Crippen LogP contribution in [0.5, 0.6) is 11.5 Å². The van der Waals surface area contributed by atoms with Gasteiger partial charge in [-0.05, 0) is 47.0 Å². The Morgan fingerprint density at radius 3 is 2.16 bits per heavy atom. The first-order valence-corrected chi connectivity index (χ1v) is 14.4. The van der Waals surface area contributed by atoms with Gasteiger partial charge >= 0.3 is 5.97 Å². The molecule has 3 atom stereocenters. The molecule has 1 aliphatic rings. The number of methoxy groups -OCH3 is 1. The summed E-state index contributed by atoms with van der Waals surface area (Å²) in [4.78, 5) is 53.3. The van der Waals surface area contributed by atoms with Crippen LogP contribution >= 0.6 is 0 Å². The molecule has 0 spiro atoms. The van der Waals surface area contributed by atoms with Crippen molar-refractivity contribution >= 4 is 29.4 Å². The molecule has 0 fully saturated rings. The topological polar surface area (TPSA) is 143 Å². The molecule has 4 N–H and O–H groups in total. The number of esters is 1. The van der Waals surface area contributed by atoms with E-state index in [9.17, 15) is 24.3 Å². The Balaban J connectivity index is 1.39. The lowest BCUT2D eigenvalue weighted by atomic mass is 9.93. The number of hydrogen-bond donors (Lipinski definition) is 4. The highest BCUT2D eigenvalue weighted by molar-refractivity contribution is 6.00. The number of nitrogens with one attached hydrogen (secondary N) is 3. The molecular formula is C35H33N3O7. The second-order valence-corrected chi connectivity index (χ2v) is 10.7. The number of hydrogen-bond acceptors (Lipinski definition) is 7. The molecule has 1 aliphatic heterocycles. The van der Waals surface area contributed by atoms with Gasteiger partial charge in [0.05, 0.1) is 20.0 Å². The fraction of sp³-hybridized carbons (Fsp3) is 0.200. The van der Waals surface area contributed by atoms with Crippen molar-refractivity contribution in [3.8, 4) is 11.5 Å². The molecule has 1 heterocycles. The third kappa shape index (κ3) is 8.05. The number of ether oxygens (including phenoxy) is 2. The molecule has 0 saturated carbocycles. The van der Waals surface area contributed by atoms with Crippen LogP contribution in [-0.2, 0) is 43.2 Å². The minimum absolute atomic E-state index is 0.0630. The van der Waals surface area contributed by atoms with Crippen LogP contribution < -0.4 is 20.7 Å². The van der Waals surface area contributed by atoms with Gasteiger partial charge in [0.25, 0.3) is 5.91 Å². The summed E-state index contributed by atoms with van der Waals surface area (Å²) in [6.07, 6.45) is -1.35. The molecule has 3 amide bonds. The maximum atomic E-state index is 13.9. The van der Waals surface area contributed by atoms with Crippen LogP contribution in [0.3, 0.4) is 0 Å². The number of carbonyl (C=O) groups excluding carboxylic acids is 4. The average Bonchev–Trinajstić information content (AvgIpc) is 3.04. The first-order chi connectivity index (χ1) is 21.8. The minimum Gasteiger partial charge on any atom is -0.508 e. The molecule has 0 radical (unpaired) electrons. The lowest BCUT2D eigenvalue weighted by Crippen LogP contribution is -2.54. The smallest absolute Gasteiger partial charge is 0.311 e. The molecule has 0 saturated heterocycles. The Bertz CT molecular complexity index is 1660. The van der Waals surface area contributed by atoms with Crippen molar-refractivity contribution < 1.29 is 33.8 Å². The number of rotatable bonds is 11. The van der Waals surface area contributed by atoms with Gasteiger partial charge in [-0.1, -0.05) is 72.8 Å². The van der Waals surface area contributed by atoms with Gasteiger partial charge in [-0.3, -0.25) is 19.2 Å². The summed E-state index contributed by atoms with van der Waals surface area (Å²) in [5, 5.41) is 18.6. The van der Waals surface area contributed by atoms with Crippen molar-refractivity contribution in [2.45, 2.75) is 37.5 Å². The van der Waals surface area contributed by atoms with Crippen LogP contribution in [0.4, 0.5) is 5.69 Å². The van der Waals surface area contributed by atoms with Gasteiger partial charge in [0, 0.05) is 17.7 Å². The van der Waals surface area contributed by atoms with E-state index in [1.165, 1.54) is 25.3 Å². The molecular weight excluding hydrogens is 574 g/mol. The Morgan fingerprint density at radius 2 is 1.49 bits per heavy atom. The molecule has 10 heteroatoms. The van der Waals surface area contributed by atoms with E-state index < -0.39 is 36.0 Å². The molecule has 4 aromatic rings. The summed E-state index contributed by atoms with van der Waals surface area (Å²) < 4.78 is 10.8. The number of aromatic hydroxyl groups is 1. The number of fused-ring (bicyclic) bond motifs is 1. The summed E-state index contributed by atoms with van der Waals surface area (Å²) >= 11 is 0. The van der Waals surface area contributed by atoms with Gasteiger partial charge in [0.1, 0.15) is 23.6 Å². The van der Waals surface area contributed by atoms with Crippen LogP contribution in [0, 0.1) is 0 Å². The number of benzene rings is 4. The molecule has 5 rings (SSSR count). The van der Waals surface area contributed by atoms with Crippen LogP contribution in [0.15, 0.2) is 103 Å². The van der Waals surface area contributed by atoms with Crippen molar-refractivity contribution in [2.75, 3.05) is 12.4 Å². The maximum absolute atomic E-state index is 13.9. The van der Waals surface area contributed by atoms with Gasteiger partial charge in [-0.15, -0.1) is 0 Å². The Labute approximate surface area is 260 Å². The lowest BCUT2D eigenvalue weighted by molar-refractivity contribution is -0.156. The normalized spacial score (nSPS) is 16.0. The maximum Gasteiger partial charge on any atom is 0.311 e. The highest BCUT2D eigenvalue weighted by Crippen LogP contribution is 2.35. The van der Waals surface area contributed by atoms with Crippen molar-refractivity contribution in [2.24, 2.45) is 0 Å². The Morgan fingerprint density at radius 1 is 0.844 bits per heavy atom. The minimum atomic E-state index is -1.45. The average molecular weight is 608 g/mol. The molecule has 4 aromatic carbocycles. The summed E-state index contributed by atoms with van der Waals surface area (Å²) in [5.74, 6) is -1.78. The lowest BCUT2D eigenvalue weighted by Gasteiger charge is -2.34. The Hall–Kier alpha value is -5.64. The van der Waals surface area contributed by atoms with Gasteiger partial charge in [-0.25, -0.2) is 0 Å². The zero-order chi connectivity index (χ0) is 31.8. The number of phenolic OH excluding ortho intramolecular Hbond substituents is 1. The van der Waals surface area contributed by atoms with Crippen LogP contribution in [0.2, 0.25) is 0 Å². The number of carbonyl (C=O) groups is 4. The van der Waals surface area contributed by atoms with Gasteiger partial charge in [0.15, 0.2) is 0 Å². The second-order valence-electron chi connectivity index (χ2n) is 10.7. The van der Waals surface area contributed by atoms with E-state index >= 15 is 0 Å². The van der Waals surface area contributed by atoms with E-state index in [2.05, 4.69) is 16.0 Å². The van der Waals surface area contributed by atoms with Gasteiger partial charge < -0.3 is 30.5 Å². The van der Waals surface area contributed by atoms with Crippen LogP contribution in [0.25, 0.3) is 0 Å². The van der Waals surface area contributed by atoms with Crippen LogP contribution in [-0.4, -0.2) is 48.1 Å². The summed E-state index contributed by atoms with van der Waals surface area (Å²) in [6, 6.07) is 27.3. The van der Waals surface area contributed by atoms with Crippen molar-refractivity contribution in [3.05, 3.63) is 125 Å². The molecule has 10 nitrogen and oxygen atoms in total. The third-order valence-corrected chi connectivity index (χ3v) is 7.39. The second kappa shape index (κ2) is 14.2. The van der Waals surface area contributed by atoms with E-state index in [0.29, 0.717) is 22.6 Å². The summed E-state index contributed by atoms with van der Waals surface area (Å²) in [6.45, 7) is 0. The molecule has 45 heavy (non-hydrogen) atoms. The van der Waals surface area contributed by atoms with Gasteiger partial charge in [0.2, 0.25) is 17.9 Å². The first kappa shape index (κ1) is 30.8. The van der Waals surface area contributed by atoms with Crippen molar-refractivity contribution in [1.29, 1.82) is 0 Å². The zero-order valence-electron chi connectivity index (χ0n) is 24.6. The third-order valence-electron chi connectivity index (χ3n) is 7.39. The monoisotopic (exact) mass is 607 g/mol. The molecule has 0 unspecified atom stereocenters. The zero-order valence-corrected chi connectivity index (χ0v) is 24.6. The molecule has 0 aliphatic carbocycles.